The zero-order chi connectivity index (χ0) is 12.1. The third-order valence-corrected chi connectivity index (χ3v) is 4.59. The van der Waals surface area contributed by atoms with E-state index in [1.165, 1.54) is 0 Å². The van der Waals surface area contributed by atoms with Gasteiger partial charge < -0.3 is 5.32 Å². The van der Waals surface area contributed by atoms with Gasteiger partial charge in [0, 0.05) is 16.8 Å². The third kappa shape index (κ3) is 4.32. The van der Waals surface area contributed by atoms with Crippen molar-refractivity contribution in [3.8, 4) is 0 Å². The molecule has 0 unspecified atom stereocenters. The molecule has 0 aliphatic heterocycles. The summed E-state index contributed by atoms with van der Waals surface area (Å²) >= 11 is 7.69. The molecule has 0 atom stereocenters. The van der Waals surface area contributed by atoms with Crippen molar-refractivity contribution in [2.45, 2.75) is 37.5 Å². The molecule has 94 valence electrons. The Morgan fingerprint density at radius 3 is 2.82 bits per heavy atom. The van der Waals surface area contributed by atoms with Crippen LogP contribution in [0, 0.1) is 5.92 Å². The molecule has 1 heterocycles. The van der Waals surface area contributed by atoms with E-state index >= 15 is 0 Å². The summed E-state index contributed by atoms with van der Waals surface area (Å²) in [5.74, 6) is 0.762. The minimum atomic E-state index is 0.139. The molecule has 1 aromatic rings. The average molecular weight is 272 g/mol. The van der Waals surface area contributed by atoms with Gasteiger partial charge in [0.05, 0.1) is 6.42 Å². The highest BCUT2D eigenvalue weighted by molar-refractivity contribution is 7.10. The van der Waals surface area contributed by atoms with Crippen LogP contribution in [0.3, 0.4) is 0 Å². The molecule has 1 fully saturated rings. The van der Waals surface area contributed by atoms with Gasteiger partial charge in [-0.1, -0.05) is 6.07 Å². The molecule has 0 aromatic carbocycles. The molecule has 1 saturated carbocycles. The van der Waals surface area contributed by atoms with E-state index in [1.807, 2.05) is 17.5 Å². The number of rotatable bonds is 4. The minimum Gasteiger partial charge on any atom is -0.356 e. The highest BCUT2D eigenvalue weighted by Gasteiger charge is 2.19. The van der Waals surface area contributed by atoms with Crippen LogP contribution < -0.4 is 5.32 Å². The third-order valence-electron chi connectivity index (χ3n) is 3.28. The van der Waals surface area contributed by atoms with E-state index in [4.69, 9.17) is 11.6 Å². The van der Waals surface area contributed by atoms with E-state index in [0.717, 1.165) is 37.1 Å². The van der Waals surface area contributed by atoms with E-state index in [1.54, 1.807) is 11.3 Å². The van der Waals surface area contributed by atoms with Gasteiger partial charge in [-0.3, -0.25) is 4.79 Å². The lowest BCUT2D eigenvalue weighted by Crippen LogP contribution is -2.32. The normalized spacial score (nSPS) is 24.5. The zero-order valence-corrected chi connectivity index (χ0v) is 11.4. The average Bonchev–Trinajstić information content (AvgIpc) is 2.81. The van der Waals surface area contributed by atoms with Crippen LogP contribution in [0.2, 0.25) is 0 Å². The summed E-state index contributed by atoms with van der Waals surface area (Å²) < 4.78 is 0. The lowest BCUT2D eigenvalue weighted by atomic mass is 9.89. The molecule has 17 heavy (non-hydrogen) atoms. The first-order chi connectivity index (χ1) is 8.24. The van der Waals surface area contributed by atoms with Gasteiger partial charge in [-0.15, -0.1) is 22.9 Å². The predicted octanol–water partition coefficient (Wildman–Crippen LogP) is 3.20. The van der Waals surface area contributed by atoms with Crippen molar-refractivity contribution < 1.29 is 4.79 Å². The molecule has 4 heteroatoms. The quantitative estimate of drug-likeness (QED) is 0.837. The van der Waals surface area contributed by atoms with Crippen LogP contribution in [0.25, 0.3) is 0 Å². The fourth-order valence-corrected chi connectivity index (χ4v) is 3.17. The maximum Gasteiger partial charge on any atom is 0.225 e. The number of carbonyl (C=O) groups excluding carboxylic acids is 1. The number of alkyl halides is 1. The van der Waals surface area contributed by atoms with Gasteiger partial charge in [-0.05, 0) is 43.0 Å². The number of hydrogen-bond donors (Lipinski definition) is 1. The monoisotopic (exact) mass is 271 g/mol. The summed E-state index contributed by atoms with van der Waals surface area (Å²) in [6, 6.07) is 3.98. The summed E-state index contributed by atoms with van der Waals surface area (Å²) in [5, 5.41) is 5.39. The van der Waals surface area contributed by atoms with Crippen LogP contribution in [0.4, 0.5) is 0 Å². The van der Waals surface area contributed by atoms with Crippen LogP contribution in [0.15, 0.2) is 17.5 Å². The van der Waals surface area contributed by atoms with Crippen LogP contribution in [-0.2, 0) is 11.2 Å². The van der Waals surface area contributed by atoms with E-state index in [0.29, 0.717) is 17.7 Å². The summed E-state index contributed by atoms with van der Waals surface area (Å²) in [5.41, 5.74) is 0. The number of thiophene rings is 1. The maximum atomic E-state index is 11.7. The lowest BCUT2D eigenvalue weighted by Gasteiger charge is -2.24. The summed E-state index contributed by atoms with van der Waals surface area (Å²) in [4.78, 5) is 12.8. The van der Waals surface area contributed by atoms with Crippen molar-refractivity contribution in [1.82, 2.24) is 5.32 Å². The van der Waals surface area contributed by atoms with E-state index in [-0.39, 0.29) is 5.91 Å². The number of halogens is 1. The largest absolute Gasteiger partial charge is 0.356 e. The molecular formula is C13H18ClNOS. The van der Waals surface area contributed by atoms with Crippen molar-refractivity contribution in [2.24, 2.45) is 5.92 Å². The Balaban J connectivity index is 1.66. The van der Waals surface area contributed by atoms with Gasteiger partial charge in [-0.2, -0.15) is 0 Å². The van der Waals surface area contributed by atoms with E-state index in [9.17, 15) is 4.79 Å². The molecule has 1 aliphatic carbocycles. The second-order valence-electron chi connectivity index (χ2n) is 4.68. The minimum absolute atomic E-state index is 0.139. The summed E-state index contributed by atoms with van der Waals surface area (Å²) in [6.45, 7) is 0.813. The molecule has 0 saturated heterocycles. The molecule has 2 rings (SSSR count). The lowest BCUT2D eigenvalue weighted by molar-refractivity contribution is -0.120. The molecule has 1 aliphatic rings. The van der Waals surface area contributed by atoms with Gasteiger partial charge in [0.2, 0.25) is 5.91 Å². The molecule has 0 bridgehead atoms. The van der Waals surface area contributed by atoms with E-state index < -0.39 is 0 Å². The number of nitrogens with one attached hydrogen (secondary N) is 1. The Kier molecular flexibility index (Phi) is 4.86. The molecular weight excluding hydrogens is 254 g/mol. The van der Waals surface area contributed by atoms with Crippen molar-refractivity contribution >= 4 is 28.8 Å². The van der Waals surface area contributed by atoms with Crippen molar-refractivity contribution in [2.75, 3.05) is 6.54 Å². The van der Waals surface area contributed by atoms with Crippen LogP contribution in [0.1, 0.15) is 30.6 Å². The van der Waals surface area contributed by atoms with Crippen LogP contribution in [-0.4, -0.2) is 17.8 Å². The topological polar surface area (TPSA) is 29.1 Å². The van der Waals surface area contributed by atoms with Gasteiger partial charge in [0.1, 0.15) is 0 Å². The van der Waals surface area contributed by atoms with Gasteiger partial charge in [0.25, 0.3) is 0 Å². The second kappa shape index (κ2) is 6.41. The van der Waals surface area contributed by atoms with Crippen LogP contribution in [0.5, 0.6) is 0 Å². The Labute approximate surface area is 111 Å². The number of carbonyl (C=O) groups is 1. The molecule has 0 spiro atoms. The SMILES string of the molecule is O=C(Cc1cccs1)NCC1CCC(Cl)CC1. The van der Waals surface area contributed by atoms with Gasteiger partial charge in [-0.25, -0.2) is 0 Å². The first kappa shape index (κ1) is 12.9. The van der Waals surface area contributed by atoms with Crippen molar-refractivity contribution in [3.63, 3.8) is 0 Å². The predicted molar refractivity (Wildman–Crippen MR) is 72.6 cm³/mol. The Hall–Kier alpha value is -0.540. The Bertz CT molecular complexity index is 344. The smallest absolute Gasteiger partial charge is 0.225 e. The zero-order valence-electron chi connectivity index (χ0n) is 9.82. The molecule has 0 radical (unpaired) electrons. The first-order valence-electron chi connectivity index (χ1n) is 6.17. The second-order valence-corrected chi connectivity index (χ2v) is 6.33. The van der Waals surface area contributed by atoms with Crippen molar-refractivity contribution in [1.29, 1.82) is 0 Å². The summed E-state index contributed by atoms with van der Waals surface area (Å²) in [6.07, 6.45) is 4.99. The van der Waals surface area contributed by atoms with Gasteiger partial charge >= 0.3 is 0 Å². The molecule has 1 aromatic heterocycles. The van der Waals surface area contributed by atoms with E-state index in [2.05, 4.69) is 5.32 Å². The number of hydrogen-bond acceptors (Lipinski definition) is 2. The highest BCUT2D eigenvalue weighted by atomic mass is 35.5. The first-order valence-corrected chi connectivity index (χ1v) is 7.49. The fraction of sp³-hybridized carbons (Fsp3) is 0.615. The fourth-order valence-electron chi connectivity index (χ4n) is 2.22. The maximum absolute atomic E-state index is 11.7. The summed E-state index contributed by atoms with van der Waals surface area (Å²) in [7, 11) is 0. The van der Waals surface area contributed by atoms with Crippen molar-refractivity contribution in [3.05, 3.63) is 22.4 Å². The van der Waals surface area contributed by atoms with Gasteiger partial charge in [0.15, 0.2) is 0 Å². The number of amides is 1. The molecule has 2 nitrogen and oxygen atoms in total. The highest BCUT2D eigenvalue weighted by Crippen LogP contribution is 2.26. The standard InChI is InChI=1S/C13H18ClNOS/c14-11-5-3-10(4-6-11)9-15-13(16)8-12-2-1-7-17-12/h1-2,7,10-11H,3-6,8-9H2,(H,15,16). The Morgan fingerprint density at radius 2 is 2.18 bits per heavy atom. The van der Waals surface area contributed by atoms with Crippen LogP contribution >= 0.6 is 22.9 Å². The molecule has 1 amide bonds. The molecule has 1 N–H and O–H groups in total. The Morgan fingerprint density at radius 1 is 1.41 bits per heavy atom.